The van der Waals surface area contributed by atoms with Gasteiger partial charge in [0.15, 0.2) is 0 Å². The molecule has 138 valence electrons. The van der Waals surface area contributed by atoms with E-state index in [-0.39, 0.29) is 24.3 Å². The van der Waals surface area contributed by atoms with Gasteiger partial charge in [-0.3, -0.25) is 9.59 Å². The SMILES string of the molecule is COc1ccccc1CC(C)N(C)C(=O)CC(=O)Nc1ccc(C)cc1. The van der Waals surface area contributed by atoms with Crippen LogP contribution in [0.2, 0.25) is 0 Å². The van der Waals surface area contributed by atoms with E-state index in [9.17, 15) is 9.59 Å². The van der Waals surface area contributed by atoms with Crippen LogP contribution < -0.4 is 10.1 Å². The van der Waals surface area contributed by atoms with Crippen LogP contribution in [0.25, 0.3) is 0 Å². The number of carbonyl (C=O) groups excluding carboxylic acids is 2. The van der Waals surface area contributed by atoms with Crippen LogP contribution in [0, 0.1) is 6.92 Å². The molecule has 1 unspecified atom stereocenters. The summed E-state index contributed by atoms with van der Waals surface area (Å²) in [7, 11) is 3.36. The topological polar surface area (TPSA) is 58.6 Å². The van der Waals surface area contributed by atoms with Crippen molar-refractivity contribution >= 4 is 17.5 Å². The Morgan fingerprint density at radius 3 is 2.42 bits per heavy atom. The number of nitrogens with one attached hydrogen (secondary N) is 1. The minimum Gasteiger partial charge on any atom is -0.496 e. The number of hydrogen-bond acceptors (Lipinski definition) is 3. The predicted octanol–water partition coefficient (Wildman–Crippen LogP) is 3.42. The normalized spacial score (nSPS) is 11.5. The molecule has 5 heteroatoms. The summed E-state index contributed by atoms with van der Waals surface area (Å²) in [5, 5.41) is 2.76. The molecule has 26 heavy (non-hydrogen) atoms. The Bertz CT molecular complexity index is 756. The zero-order chi connectivity index (χ0) is 19.1. The summed E-state index contributed by atoms with van der Waals surface area (Å²) in [5.74, 6) is 0.282. The number of likely N-dealkylation sites (N-methyl/N-ethyl adjacent to an activating group) is 1. The molecule has 2 aromatic rings. The lowest BCUT2D eigenvalue weighted by molar-refractivity contribution is -0.134. The summed E-state index contributed by atoms with van der Waals surface area (Å²) in [5.41, 5.74) is 2.84. The van der Waals surface area contributed by atoms with Gasteiger partial charge in [0.25, 0.3) is 0 Å². The Morgan fingerprint density at radius 2 is 1.77 bits per heavy atom. The first-order chi connectivity index (χ1) is 12.4. The average molecular weight is 354 g/mol. The smallest absolute Gasteiger partial charge is 0.233 e. The van der Waals surface area contributed by atoms with E-state index in [0.29, 0.717) is 12.1 Å². The van der Waals surface area contributed by atoms with Crippen molar-refractivity contribution in [1.82, 2.24) is 4.90 Å². The molecular formula is C21H26N2O3. The molecule has 0 aliphatic carbocycles. The molecule has 0 fully saturated rings. The second kappa shape index (κ2) is 9.04. The van der Waals surface area contributed by atoms with Crippen LogP contribution >= 0.6 is 0 Å². The van der Waals surface area contributed by atoms with E-state index in [0.717, 1.165) is 16.9 Å². The summed E-state index contributed by atoms with van der Waals surface area (Å²) in [6, 6.07) is 15.2. The molecule has 0 aliphatic rings. The highest BCUT2D eigenvalue weighted by Crippen LogP contribution is 2.20. The monoisotopic (exact) mass is 354 g/mol. The molecule has 0 bridgehead atoms. The van der Waals surface area contributed by atoms with E-state index in [1.807, 2.05) is 62.4 Å². The molecule has 1 N–H and O–H groups in total. The molecule has 0 radical (unpaired) electrons. The standard InChI is InChI=1S/C21H26N2O3/c1-15-9-11-18(12-10-15)22-20(24)14-21(25)23(3)16(2)13-17-7-5-6-8-19(17)26-4/h5-12,16H,13-14H2,1-4H3,(H,22,24). The lowest BCUT2D eigenvalue weighted by Crippen LogP contribution is -2.38. The van der Waals surface area contributed by atoms with E-state index < -0.39 is 0 Å². The third kappa shape index (κ3) is 5.34. The average Bonchev–Trinajstić information content (AvgIpc) is 2.63. The van der Waals surface area contributed by atoms with Crippen LogP contribution in [0.15, 0.2) is 48.5 Å². The van der Waals surface area contributed by atoms with Crippen molar-refractivity contribution < 1.29 is 14.3 Å². The van der Waals surface area contributed by atoms with Crippen molar-refractivity contribution in [2.45, 2.75) is 32.7 Å². The van der Waals surface area contributed by atoms with Gasteiger partial charge in [0.05, 0.1) is 7.11 Å². The number of anilines is 1. The van der Waals surface area contributed by atoms with Crippen molar-refractivity contribution in [3.8, 4) is 5.75 Å². The van der Waals surface area contributed by atoms with Crippen molar-refractivity contribution in [3.05, 3.63) is 59.7 Å². The number of ether oxygens (including phenoxy) is 1. The maximum Gasteiger partial charge on any atom is 0.233 e. The Kier molecular flexibility index (Phi) is 6.78. The second-order valence-corrected chi connectivity index (χ2v) is 6.46. The molecule has 2 amide bonds. The van der Waals surface area contributed by atoms with Gasteiger partial charge in [-0.25, -0.2) is 0 Å². The van der Waals surface area contributed by atoms with Gasteiger partial charge < -0.3 is 15.0 Å². The number of rotatable bonds is 7. The van der Waals surface area contributed by atoms with E-state index >= 15 is 0 Å². The fraction of sp³-hybridized carbons (Fsp3) is 0.333. The number of benzene rings is 2. The van der Waals surface area contributed by atoms with Gasteiger partial charge in [-0.15, -0.1) is 0 Å². The van der Waals surface area contributed by atoms with Crippen LogP contribution in [-0.4, -0.2) is 36.9 Å². The van der Waals surface area contributed by atoms with E-state index in [2.05, 4.69) is 5.32 Å². The number of amides is 2. The third-order valence-corrected chi connectivity index (χ3v) is 4.41. The fourth-order valence-corrected chi connectivity index (χ4v) is 2.68. The van der Waals surface area contributed by atoms with Gasteiger partial charge in [0.2, 0.25) is 11.8 Å². The van der Waals surface area contributed by atoms with E-state index in [1.54, 1.807) is 19.1 Å². The lowest BCUT2D eigenvalue weighted by atomic mass is 10.0. The molecule has 0 saturated carbocycles. The number of nitrogens with zero attached hydrogens (tertiary/aromatic N) is 1. The number of aryl methyl sites for hydroxylation is 1. The molecule has 1 atom stereocenters. The molecular weight excluding hydrogens is 328 g/mol. The van der Waals surface area contributed by atoms with Crippen LogP contribution in [0.5, 0.6) is 5.75 Å². The van der Waals surface area contributed by atoms with Crippen molar-refractivity contribution in [3.63, 3.8) is 0 Å². The van der Waals surface area contributed by atoms with Gasteiger partial charge in [-0.05, 0) is 44.0 Å². The van der Waals surface area contributed by atoms with Crippen molar-refractivity contribution in [2.75, 3.05) is 19.5 Å². The van der Waals surface area contributed by atoms with Gasteiger partial charge in [0, 0.05) is 18.8 Å². The Balaban J connectivity index is 1.91. The first kappa shape index (κ1) is 19.5. The molecule has 5 nitrogen and oxygen atoms in total. The zero-order valence-corrected chi connectivity index (χ0v) is 15.8. The maximum absolute atomic E-state index is 12.4. The van der Waals surface area contributed by atoms with Crippen LogP contribution in [-0.2, 0) is 16.0 Å². The number of para-hydroxylation sites is 1. The van der Waals surface area contributed by atoms with Crippen molar-refractivity contribution in [1.29, 1.82) is 0 Å². The largest absolute Gasteiger partial charge is 0.496 e. The third-order valence-electron chi connectivity index (χ3n) is 4.41. The molecule has 0 aromatic heterocycles. The van der Waals surface area contributed by atoms with Crippen molar-refractivity contribution in [2.24, 2.45) is 0 Å². The van der Waals surface area contributed by atoms with Gasteiger partial charge >= 0.3 is 0 Å². The zero-order valence-electron chi connectivity index (χ0n) is 15.8. The number of hydrogen-bond donors (Lipinski definition) is 1. The first-order valence-corrected chi connectivity index (χ1v) is 8.64. The molecule has 0 saturated heterocycles. The van der Waals surface area contributed by atoms with E-state index in [4.69, 9.17) is 4.74 Å². The minimum absolute atomic E-state index is 0.0500. The summed E-state index contributed by atoms with van der Waals surface area (Å²) < 4.78 is 5.36. The highest BCUT2D eigenvalue weighted by molar-refractivity contribution is 6.03. The van der Waals surface area contributed by atoms with Crippen LogP contribution in [0.3, 0.4) is 0 Å². The van der Waals surface area contributed by atoms with Gasteiger partial charge in [-0.1, -0.05) is 35.9 Å². The second-order valence-electron chi connectivity index (χ2n) is 6.46. The minimum atomic E-state index is -0.310. The molecule has 2 aromatic carbocycles. The Hall–Kier alpha value is -2.82. The molecule has 0 spiro atoms. The highest BCUT2D eigenvalue weighted by atomic mass is 16.5. The summed E-state index contributed by atoms with van der Waals surface area (Å²) in [6.45, 7) is 3.94. The van der Waals surface area contributed by atoms with E-state index in [1.165, 1.54) is 0 Å². The summed E-state index contributed by atoms with van der Waals surface area (Å²) in [6.07, 6.45) is 0.479. The number of methoxy groups -OCH3 is 1. The molecule has 0 aliphatic heterocycles. The van der Waals surface area contributed by atoms with Crippen LogP contribution in [0.4, 0.5) is 5.69 Å². The number of carbonyl (C=O) groups is 2. The summed E-state index contributed by atoms with van der Waals surface area (Å²) in [4.78, 5) is 26.1. The molecule has 2 rings (SSSR count). The maximum atomic E-state index is 12.4. The molecule has 0 heterocycles. The predicted molar refractivity (Wildman–Crippen MR) is 103 cm³/mol. The first-order valence-electron chi connectivity index (χ1n) is 8.64. The Morgan fingerprint density at radius 1 is 1.12 bits per heavy atom. The quantitative estimate of drug-likeness (QED) is 0.775. The van der Waals surface area contributed by atoms with Crippen LogP contribution in [0.1, 0.15) is 24.5 Å². The highest BCUT2D eigenvalue weighted by Gasteiger charge is 2.20. The Labute approximate surface area is 155 Å². The van der Waals surface area contributed by atoms with Gasteiger partial charge in [0.1, 0.15) is 12.2 Å². The fourth-order valence-electron chi connectivity index (χ4n) is 2.68. The lowest BCUT2D eigenvalue weighted by Gasteiger charge is -2.25. The summed E-state index contributed by atoms with van der Waals surface area (Å²) >= 11 is 0. The van der Waals surface area contributed by atoms with Gasteiger partial charge in [-0.2, -0.15) is 0 Å².